The molecule has 0 spiro atoms. The van der Waals surface area contributed by atoms with E-state index in [0.29, 0.717) is 30.9 Å². The third-order valence-corrected chi connectivity index (χ3v) is 5.27. The normalized spacial score (nSPS) is 11.2. The van der Waals surface area contributed by atoms with Gasteiger partial charge in [0.05, 0.1) is 36.1 Å². The molecule has 0 fully saturated rings. The molecule has 32 heavy (non-hydrogen) atoms. The summed E-state index contributed by atoms with van der Waals surface area (Å²) in [6.45, 7) is 0.416. The summed E-state index contributed by atoms with van der Waals surface area (Å²) in [5, 5.41) is 9.06. The number of aryl methyl sites for hydroxylation is 1. The van der Waals surface area contributed by atoms with E-state index < -0.39 is 0 Å². The van der Waals surface area contributed by atoms with E-state index >= 15 is 0 Å². The Morgan fingerprint density at radius 3 is 2.88 bits per heavy atom. The minimum atomic E-state index is -0.296. The van der Waals surface area contributed by atoms with Crippen LogP contribution in [0, 0.1) is 17.1 Å². The molecule has 0 aliphatic carbocycles. The van der Waals surface area contributed by atoms with Gasteiger partial charge in [0.25, 0.3) is 0 Å². The number of ether oxygens (including phenoxy) is 1. The van der Waals surface area contributed by atoms with Crippen molar-refractivity contribution in [2.45, 2.75) is 19.4 Å². The molecule has 8 nitrogen and oxygen atoms in total. The maximum absolute atomic E-state index is 13.8. The van der Waals surface area contributed by atoms with E-state index in [1.54, 1.807) is 19.4 Å². The number of methoxy groups -OCH3 is 1. The number of nitrogens with zero attached hydrogens (tertiary/aromatic N) is 7. The fraction of sp³-hybridized carbons (Fsp3) is 0.174. The molecule has 4 heterocycles. The van der Waals surface area contributed by atoms with Gasteiger partial charge >= 0.3 is 0 Å². The molecule has 158 valence electrons. The van der Waals surface area contributed by atoms with Crippen molar-refractivity contribution in [1.29, 1.82) is 5.26 Å². The maximum Gasteiger partial charge on any atom is 0.241 e. The lowest BCUT2D eigenvalue weighted by Crippen LogP contribution is -2.06. The molecule has 0 aliphatic rings. The van der Waals surface area contributed by atoms with Crippen molar-refractivity contribution in [3.63, 3.8) is 0 Å². The van der Waals surface area contributed by atoms with Crippen LogP contribution in [0.5, 0.6) is 5.88 Å². The highest BCUT2D eigenvalue weighted by molar-refractivity contribution is 5.83. The SMILES string of the molecule is COc1ncnc2ccn(-c3cnc4nc(CCC#N)n(Cc5cccc(F)c5)c4c3)c12. The zero-order valence-corrected chi connectivity index (χ0v) is 17.2. The molecule has 0 atom stereocenters. The van der Waals surface area contributed by atoms with E-state index in [9.17, 15) is 4.39 Å². The highest BCUT2D eigenvalue weighted by atomic mass is 19.1. The Morgan fingerprint density at radius 2 is 2.06 bits per heavy atom. The minimum absolute atomic E-state index is 0.296. The van der Waals surface area contributed by atoms with Gasteiger partial charge in [-0.05, 0) is 29.8 Å². The fourth-order valence-corrected chi connectivity index (χ4v) is 3.83. The van der Waals surface area contributed by atoms with Gasteiger partial charge in [-0.25, -0.2) is 19.3 Å². The van der Waals surface area contributed by atoms with Crippen LogP contribution < -0.4 is 4.74 Å². The third-order valence-electron chi connectivity index (χ3n) is 5.27. The number of hydrogen-bond donors (Lipinski definition) is 0. The molecule has 0 radical (unpaired) electrons. The Morgan fingerprint density at radius 1 is 1.16 bits per heavy atom. The third kappa shape index (κ3) is 3.41. The van der Waals surface area contributed by atoms with Crippen molar-refractivity contribution in [2.24, 2.45) is 0 Å². The van der Waals surface area contributed by atoms with Crippen LogP contribution in [0.1, 0.15) is 17.8 Å². The topological polar surface area (TPSA) is 94.4 Å². The number of aromatic nitrogens is 6. The largest absolute Gasteiger partial charge is 0.479 e. The molecule has 1 aromatic carbocycles. The lowest BCUT2D eigenvalue weighted by Gasteiger charge is -2.11. The molecule has 5 aromatic rings. The Balaban J connectivity index is 1.67. The van der Waals surface area contributed by atoms with Gasteiger partial charge in [-0.3, -0.25) is 0 Å². The van der Waals surface area contributed by atoms with Crippen molar-refractivity contribution in [3.05, 3.63) is 72.3 Å². The van der Waals surface area contributed by atoms with Crippen LogP contribution in [-0.4, -0.2) is 36.2 Å². The molecule has 5 rings (SSSR count). The van der Waals surface area contributed by atoms with Gasteiger partial charge in [-0.2, -0.15) is 10.2 Å². The molecular formula is C23H18FN7O. The predicted octanol–water partition coefficient (Wildman–Crippen LogP) is 3.82. The average molecular weight is 427 g/mol. The zero-order valence-electron chi connectivity index (χ0n) is 17.2. The van der Waals surface area contributed by atoms with Crippen molar-refractivity contribution >= 4 is 22.2 Å². The first-order valence-electron chi connectivity index (χ1n) is 10.0. The maximum atomic E-state index is 13.8. The highest BCUT2D eigenvalue weighted by Crippen LogP contribution is 2.27. The van der Waals surface area contributed by atoms with E-state index in [-0.39, 0.29) is 5.82 Å². The van der Waals surface area contributed by atoms with Crippen LogP contribution >= 0.6 is 0 Å². The Bertz CT molecular complexity index is 1480. The lowest BCUT2D eigenvalue weighted by atomic mass is 10.2. The number of hydrogen-bond acceptors (Lipinski definition) is 6. The van der Waals surface area contributed by atoms with Crippen molar-refractivity contribution in [3.8, 4) is 17.6 Å². The van der Waals surface area contributed by atoms with Crippen LogP contribution in [-0.2, 0) is 13.0 Å². The van der Waals surface area contributed by atoms with Crippen LogP contribution in [0.25, 0.3) is 27.9 Å². The number of imidazole rings is 1. The lowest BCUT2D eigenvalue weighted by molar-refractivity contribution is 0.401. The number of benzene rings is 1. The van der Waals surface area contributed by atoms with Gasteiger partial charge in [0.15, 0.2) is 5.65 Å². The highest BCUT2D eigenvalue weighted by Gasteiger charge is 2.16. The molecule has 0 saturated heterocycles. The fourth-order valence-electron chi connectivity index (χ4n) is 3.83. The summed E-state index contributed by atoms with van der Waals surface area (Å²) in [5.74, 6) is 0.895. The average Bonchev–Trinajstić information content (AvgIpc) is 3.39. The van der Waals surface area contributed by atoms with Crippen molar-refractivity contribution < 1.29 is 9.13 Å². The minimum Gasteiger partial charge on any atom is -0.479 e. The Hall–Kier alpha value is -4.32. The van der Waals surface area contributed by atoms with E-state index in [4.69, 9.17) is 10.00 Å². The molecule has 0 unspecified atom stereocenters. The predicted molar refractivity (Wildman–Crippen MR) is 116 cm³/mol. The Kier molecular flexibility index (Phi) is 4.95. The van der Waals surface area contributed by atoms with Gasteiger partial charge in [-0.1, -0.05) is 12.1 Å². The zero-order chi connectivity index (χ0) is 22.1. The quantitative estimate of drug-likeness (QED) is 0.409. The molecule has 0 bridgehead atoms. The van der Waals surface area contributed by atoms with Crippen LogP contribution in [0.15, 0.2) is 55.1 Å². The summed E-state index contributed by atoms with van der Waals surface area (Å²) in [6.07, 6.45) is 5.88. The van der Waals surface area contributed by atoms with E-state index in [2.05, 4.69) is 26.0 Å². The second-order valence-corrected chi connectivity index (χ2v) is 7.24. The smallest absolute Gasteiger partial charge is 0.241 e. The van der Waals surface area contributed by atoms with Crippen molar-refractivity contribution in [1.82, 2.24) is 29.1 Å². The van der Waals surface area contributed by atoms with E-state index in [0.717, 1.165) is 33.6 Å². The first kappa shape index (κ1) is 19.6. The standard InChI is InChI=1S/C23H18FN7O/c1-32-23-21-18(27-14-28-23)7-9-30(21)17-11-19-22(26-12-17)29-20(6-3-8-25)31(19)13-15-4-2-5-16(24)10-15/h2,4-5,7,9-12,14H,3,6,13H2,1H3. The number of halogens is 1. The summed E-state index contributed by atoms with van der Waals surface area (Å²) < 4.78 is 23.1. The van der Waals surface area contributed by atoms with Gasteiger partial charge < -0.3 is 13.9 Å². The van der Waals surface area contributed by atoms with Gasteiger partial charge in [0, 0.05) is 25.6 Å². The summed E-state index contributed by atoms with van der Waals surface area (Å²) in [6, 6.07) is 12.5. The molecular weight excluding hydrogens is 409 g/mol. The first-order chi connectivity index (χ1) is 15.7. The summed E-state index contributed by atoms with van der Waals surface area (Å²) in [7, 11) is 1.57. The van der Waals surface area contributed by atoms with E-state index in [1.807, 2.05) is 33.5 Å². The number of fused-ring (bicyclic) bond motifs is 2. The summed E-state index contributed by atoms with van der Waals surface area (Å²) in [5.41, 5.74) is 4.43. The number of pyridine rings is 1. The number of nitriles is 1. The molecule has 0 aliphatic heterocycles. The van der Waals surface area contributed by atoms with E-state index in [1.165, 1.54) is 18.5 Å². The molecule has 0 N–H and O–H groups in total. The number of rotatable bonds is 6. The summed E-state index contributed by atoms with van der Waals surface area (Å²) in [4.78, 5) is 17.7. The van der Waals surface area contributed by atoms with Crippen LogP contribution in [0.3, 0.4) is 0 Å². The molecule has 9 heteroatoms. The second-order valence-electron chi connectivity index (χ2n) is 7.24. The molecule has 0 amide bonds. The van der Waals surface area contributed by atoms with Crippen LogP contribution in [0.4, 0.5) is 4.39 Å². The van der Waals surface area contributed by atoms with Gasteiger partial charge in [0.1, 0.15) is 23.5 Å². The molecule has 0 saturated carbocycles. The summed E-state index contributed by atoms with van der Waals surface area (Å²) >= 11 is 0. The molecule has 4 aromatic heterocycles. The van der Waals surface area contributed by atoms with Crippen LogP contribution in [0.2, 0.25) is 0 Å². The monoisotopic (exact) mass is 427 g/mol. The van der Waals surface area contributed by atoms with Gasteiger partial charge in [-0.15, -0.1) is 0 Å². The van der Waals surface area contributed by atoms with Gasteiger partial charge in [0.2, 0.25) is 5.88 Å². The first-order valence-corrected chi connectivity index (χ1v) is 10.0. The van der Waals surface area contributed by atoms with Crippen molar-refractivity contribution in [2.75, 3.05) is 7.11 Å². The second kappa shape index (κ2) is 8.07. The Labute approximate surface area is 182 Å².